The zero-order valence-electron chi connectivity index (χ0n) is 15.4. The summed E-state index contributed by atoms with van der Waals surface area (Å²) in [7, 11) is 0. The highest BCUT2D eigenvalue weighted by molar-refractivity contribution is 5.89. The fourth-order valence-electron chi connectivity index (χ4n) is 3.44. The SMILES string of the molecule is C(=Cc1n[nH]c2ccccc12)c1ccc(OCCN2CCCCC2)cc1.Cl. The van der Waals surface area contributed by atoms with E-state index in [1.807, 2.05) is 36.4 Å². The molecule has 1 aliphatic rings. The molecule has 1 N–H and O–H groups in total. The fourth-order valence-corrected chi connectivity index (χ4v) is 3.44. The molecule has 1 fully saturated rings. The summed E-state index contributed by atoms with van der Waals surface area (Å²) in [6.45, 7) is 4.21. The van der Waals surface area contributed by atoms with E-state index in [9.17, 15) is 0 Å². The van der Waals surface area contributed by atoms with Crippen molar-refractivity contribution in [2.24, 2.45) is 0 Å². The Morgan fingerprint density at radius 2 is 1.74 bits per heavy atom. The van der Waals surface area contributed by atoms with Gasteiger partial charge < -0.3 is 4.74 Å². The summed E-state index contributed by atoms with van der Waals surface area (Å²) < 4.78 is 5.89. The normalized spacial score (nSPS) is 15.1. The minimum absolute atomic E-state index is 0. The minimum Gasteiger partial charge on any atom is -0.492 e. The number of piperidine rings is 1. The van der Waals surface area contributed by atoms with Crippen LogP contribution in [-0.2, 0) is 0 Å². The predicted octanol–water partition coefficient (Wildman–Crippen LogP) is 5.02. The zero-order chi connectivity index (χ0) is 17.6. The van der Waals surface area contributed by atoms with E-state index >= 15 is 0 Å². The Morgan fingerprint density at radius 3 is 2.56 bits per heavy atom. The molecule has 5 heteroatoms. The van der Waals surface area contributed by atoms with Gasteiger partial charge in [0.1, 0.15) is 12.4 Å². The van der Waals surface area contributed by atoms with Crippen molar-refractivity contribution in [3.05, 3.63) is 59.8 Å². The second-order valence-electron chi connectivity index (χ2n) is 6.81. The van der Waals surface area contributed by atoms with Crippen molar-refractivity contribution in [1.29, 1.82) is 0 Å². The van der Waals surface area contributed by atoms with E-state index in [1.165, 1.54) is 32.4 Å². The van der Waals surface area contributed by atoms with Gasteiger partial charge in [-0.3, -0.25) is 10.00 Å². The van der Waals surface area contributed by atoms with Crippen molar-refractivity contribution in [2.45, 2.75) is 19.3 Å². The second-order valence-corrected chi connectivity index (χ2v) is 6.81. The number of aromatic nitrogens is 2. The van der Waals surface area contributed by atoms with Gasteiger partial charge in [0.15, 0.2) is 0 Å². The average molecular weight is 384 g/mol. The summed E-state index contributed by atoms with van der Waals surface area (Å²) in [6.07, 6.45) is 8.16. The smallest absolute Gasteiger partial charge is 0.119 e. The van der Waals surface area contributed by atoms with Crippen LogP contribution in [0.15, 0.2) is 48.5 Å². The zero-order valence-corrected chi connectivity index (χ0v) is 16.3. The molecule has 27 heavy (non-hydrogen) atoms. The molecule has 0 unspecified atom stereocenters. The van der Waals surface area contributed by atoms with Crippen LogP contribution >= 0.6 is 12.4 Å². The maximum atomic E-state index is 5.89. The van der Waals surface area contributed by atoms with Crippen LogP contribution in [0.3, 0.4) is 0 Å². The van der Waals surface area contributed by atoms with Crippen LogP contribution in [0.1, 0.15) is 30.5 Å². The summed E-state index contributed by atoms with van der Waals surface area (Å²) >= 11 is 0. The molecule has 0 atom stereocenters. The Kier molecular flexibility index (Phi) is 6.91. The predicted molar refractivity (Wildman–Crippen MR) is 114 cm³/mol. The lowest BCUT2D eigenvalue weighted by molar-refractivity contribution is 0.183. The van der Waals surface area contributed by atoms with Gasteiger partial charge in [0.2, 0.25) is 0 Å². The molecule has 1 saturated heterocycles. The van der Waals surface area contributed by atoms with Crippen LogP contribution in [0, 0.1) is 0 Å². The van der Waals surface area contributed by atoms with Gasteiger partial charge in [-0.15, -0.1) is 12.4 Å². The summed E-state index contributed by atoms with van der Waals surface area (Å²) in [5.74, 6) is 0.935. The van der Waals surface area contributed by atoms with E-state index in [1.54, 1.807) is 0 Å². The number of halogens is 1. The molecule has 1 aromatic heterocycles. The van der Waals surface area contributed by atoms with Crippen molar-refractivity contribution >= 4 is 35.5 Å². The number of aromatic amines is 1. The van der Waals surface area contributed by atoms with Crippen LogP contribution in [-0.4, -0.2) is 41.3 Å². The number of nitrogens with one attached hydrogen (secondary N) is 1. The topological polar surface area (TPSA) is 41.1 Å². The standard InChI is InChI=1S/C22H25N3O.ClH/c1-4-14-25(15-5-1)16-17-26-19-11-8-18(9-12-19)10-13-22-20-6-2-3-7-21(20)23-24-22;/h2-3,6-13H,1,4-5,14-17H2,(H,23,24);1H. The molecule has 0 bridgehead atoms. The number of likely N-dealkylation sites (tertiary alicyclic amines) is 1. The van der Waals surface area contributed by atoms with Gasteiger partial charge >= 0.3 is 0 Å². The first-order valence-corrected chi connectivity index (χ1v) is 9.45. The lowest BCUT2D eigenvalue weighted by Crippen LogP contribution is -2.33. The fraction of sp³-hybridized carbons (Fsp3) is 0.318. The summed E-state index contributed by atoms with van der Waals surface area (Å²) in [5.41, 5.74) is 3.16. The van der Waals surface area contributed by atoms with Crippen LogP contribution in [0.5, 0.6) is 5.75 Å². The molecule has 1 aliphatic heterocycles. The lowest BCUT2D eigenvalue weighted by atomic mass is 10.1. The maximum absolute atomic E-state index is 5.89. The number of ether oxygens (including phenoxy) is 1. The number of hydrogen-bond acceptors (Lipinski definition) is 3. The Hall–Kier alpha value is -2.30. The van der Waals surface area contributed by atoms with E-state index in [0.717, 1.165) is 41.1 Å². The molecule has 2 aromatic carbocycles. The summed E-state index contributed by atoms with van der Waals surface area (Å²) in [6, 6.07) is 16.4. The number of hydrogen-bond donors (Lipinski definition) is 1. The van der Waals surface area contributed by atoms with E-state index in [4.69, 9.17) is 4.74 Å². The van der Waals surface area contributed by atoms with Gasteiger partial charge in [0, 0.05) is 11.9 Å². The van der Waals surface area contributed by atoms with Gasteiger partial charge in [-0.2, -0.15) is 5.10 Å². The van der Waals surface area contributed by atoms with Gasteiger partial charge in [-0.25, -0.2) is 0 Å². The van der Waals surface area contributed by atoms with E-state index in [0.29, 0.717) is 0 Å². The van der Waals surface area contributed by atoms with Crippen molar-refractivity contribution in [2.75, 3.05) is 26.2 Å². The number of fused-ring (bicyclic) bond motifs is 1. The van der Waals surface area contributed by atoms with Gasteiger partial charge in [-0.1, -0.05) is 42.8 Å². The van der Waals surface area contributed by atoms with Crippen molar-refractivity contribution < 1.29 is 4.74 Å². The Bertz CT molecular complexity index is 867. The van der Waals surface area contributed by atoms with E-state index < -0.39 is 0 Å². The number of H-pyrrole nitrogens is 1. The highest BCUT2D eigenvalue weighted by Crippen LogP contribution is 2.19. The van der Waals surface area contributed by atoms with Gasteiger partial charge in [0.05, 0.1) is 11.2 Å². The second kappa shape index (κ2) is 9.58. The lowest BCUT2D eigenvalue weighted by Gasteiger charge is -2.26. The largest absolute Gasteiger partial charge is 0.492 e. The maximum Gasteiger partial charge on any atom is 0.119 e. The molecule has 0 radical (unpaired) electrons. The van der Waals surface area contributed by atoms with Crippen LogP contribution in [0.4, 0.5) is 0 Å². The van der Waals surface area contributed by atoms with Crippen LogP contribution in [0.25, 0.3) is 23.1 Å². The molecular weight excluding hydrogens is 358 g/mol. The Morgan fingerprint density at radius 1 is 0.963 bits per heavy atom. The first-order chi connectivity index (χ1) is 12.9. The van der Waals surface area contributed by atoms with Crippen molar-refractivity contribution in [3.8, 4) is 5.75 Å². The quantitative estimate of drug-likeness (QED) is 0.649. The van der Waals surface area contributed by atoms with Gasteiger partial charge in [0.25, 0.3) is 0 Å². The van der Waals surface area contributed by atoms with E-state index in [2.05, 4.69) is 39.4 Å². The molecule has 142 valence electrons. The third-order valence-electron chi connectivity index (χ3n) is 4.94. The van der Waals surface area contributed by atoms with E-state index in [-0.39, 0.29) is 12.4 Å². The number of benzene rings is 2. The Balaban J connectivity index is 0.00000210. The molecule has 4 nitrogen and oxygen atoms in total. The summed E-state index contributed by atoms with van der Waals surface area (Å²) in [4.78, 5) is 2.49. The highest BCUT2D eigenvalue weighted by atomic mass is 35.5. The minimum atomic E-state index is 0. The molecule has 0 spiro atoms. The third-order valence-corrected chi connectivity index (χ3v) is 4.94. The molecule has 0 aliphatic carbocycles. The molecule has 3 aromatic rings. The third kappa shape index (κ3) is 5.12. The van der Waals surface area contributed by atoms with Crippen molar-refractivity contribution in [1.82, 2.24) is 15.1 Å². The van der Waals surface area contributed by atoms with Crippen molar-refractivity contribution in [3.63, 3.8) is 0 Å². The molecule has 0 saturated carbocycles. The molecular formula is C22H26ClN3O. The van der Waals surface area contributed by atoms with Crippen LogP contribution < -0.4 is 4.74 Å². The van der Waals surface area contributed by atoms with Crippen LogP contribution in [0.2, 0.25) is 0 Å². The highest BCUT2D eigenvalue weighted by Gasteiger charge is 2.09. The number of nitrogens with zero attached hydrogens (tertiary/aromatic N) is 2. The molecule has 4 rings (SSSR count). The number of rotatable bonds is 6. The first kappa shape index (κ1) is 19.5. The van der Waals surface area contributed by atoms with Gasteiger partial charge in [-0.05, 0) is 55.8 Å². The molecule has 2 heterocycles. The average Bonchev–Trinajstić information content (AvgIpc) is 3.11. The monoisotopic (exact) mass is 383 g/mol. The first-order valence-electron chi connectivity index (χ1n) is 9.45. The summed E-state index contributed by atoms with van der Waals surface area (Å²) in [5, 5.41) is 8.57. The number of para-hydroxylation sites is 1. The molecule has 0 amide bonds. The Labute approximate surface area is 166 Å².